The molecule has 0 radical (unpaired) electrons. The van der Waals surface area contributed by atoms with Gasteiger partial charge in [-0.05, 0) is 25.7 Å². The molecular weight excluding hydrogens is 451 g/mol. The van der Waals surface area contributed by atoms with Crippen molar-refractivity contribution < 1.29 is 43.0 Å². The largest absolute Gasteiger partial charge is 0.469 e. The number of allylic oxidation sites excluding steroid dienone is 5. The van der Waals surface area contributed by atoms with E-state index in [0.29, 0.717) is 12.8 Å². The highest BCUT2D eigenvalue weighted by molar-refractivity contribution is 7.46. The summed E-state index contributed by atoms with van der Waals surface area (Å²) in [5.41, 5.74) is 0. The van der Waals surface area contributed by atoms with Crippen molar-refractivity contribution in [3.63, 3.8) is 0 Å². The number of phosphoric acid groups is 1. The normalized spacial score (nSPS) is 14.2. The molecule has 0 saturated carbocycles. The molecule has 0 aliphatic rings. The van der Waals surface area contributed by atoms with E-state index < -0.39 is 38.6 Å². The van der Waals surface area contributed by atoms with Crippen LogP contribution in [0.5, 0.6) is 0 Å². The lowest BCUT2D eigenvalue weighted by molar-refractivity contribution is -0.160. The first-order valence-corrected chi connectivity index (χ1v) is 12.9. The van der Waals surface area contributed by atoms with Gasteiger partial charge in [0.25, 0.3) is 0 Å². The minimum Gasteiger partial charge on any atom is -0.462 e. The first-order valence-electron chi connectivity index (χ1n) is 11.3. The molecule has 0 saturated heterocycles. The fourth-order valence-electron chi connectivity index (χ4n) is 2.69. The van der Waals surface area contributed by atoms with Gasteiger partial charge in [0.15, 0.2) is 6.10 Å². The number of carbonyl (C=O) groups is 2. The summed E-state index contributed by atoms with van der Waals surface area (Å²) >= 11 is 0. The van der Waals surface area contributed by atoms with Gasteiger partial charge in [-0.15, -0.1) is 0 Å². The van der Waals surface area contributed by atoms with E-state index in [0.717, 1.165) is 38.5 Å². The van der Waals surface area contributed by atoms with Crippen molar-refractivity contribution in [2.24, 2.45) is 0 Å². The molecule has 0 aromatic heterocycles. The zero-order valence-electron chi connectivity index (χ0n) is 19.6. The standard InChI is InChI=1S/C23H39O9P/c1-3-4-5-6-7-9-12-15-21(25)16-13-10-8-11-14-17-23(26)32-22(18-30-20(2)24)19-31-33(27,28)29/h4-5,7,9,12,15,21-22,25H,3,6,8,10-11,13-14,16-19H2,1-2H3,(H2,27,28,29)/b5-4+,9-7+,15-12+/t21?,22-/m1/s1. The highest BCUT2D eigenvalue weighted by atomic mass is 31.2. The monoisotopic (exact) mass is 490 g/mol. The van der Waals surface area contributed by atoms with E-state index in [1.54, 1.807) is 6.08 Å². The summed E-state index contributed by atoms with van der Waals surface area (Å²) in [5.74, 6) is -1.16. The molecule has 1 unspecified atom stereocenters. The Balaban J connectivity index is 3.95. The minimum atomic E-state index is -4.73. The van der Waals surface area contributed by atoms with Gasteiger partial charge in [-0.25, -0.2) is 4.57 Å². The number of aliphatic hydroxyl groups excluding tert-OH is 1. The summed E-state index contributed by atoms with van der Waals surface area (Å²) in [6.07, 6.45) is 17.1. The average molecular weight is 491 g/mol. The van der Waals surface area contributed by atoms with Gasteiger partial charge < -0.3 is 24.4 Å². The second-order valence-electron chi connectivity index (χ2n) is 7.50. The molecule has 0 bridgehead atoms. The summed E-state index contributed by atoms with van der Waals surface area (Å²) < 4.78 is 25.0. The van der Waals surface area contributed by atoms with Crippen LogP contribution in [0.25, 0.3) is 0 Å². The van der Waals surface area contributed by atoms with Crippen LogP contribution in [0.1, 0.15) is 71.6 Å². The number of hydrogen-bond donors (Lipinski definition) is 3. The van der Waals surface area contributed by atoms with E-state index in [1.165, 1.54) is 6.92 Å². The molecule has 3 N–H and O–H groups in total. The quantitative estimate of drug-likeness (QED) is 0.0801. The number of rotatable bonds is 19. The van der Waals surface area contributed by atoms with Crippen molar-refractivity contribution in [3.05, 3.63) is 36.5 Å². The molecule has 0 aromatic rings. The van der Waals surface area contributed by atoms with Crippen LogP contribution in [0.2, 0.25) is 0 Å². The third-order valence-electron chi connectivity index (χ3n) is 4.33. The van der Waals surface area contributed by atoms with Crippen molar-refractivity contribution in [2.45, 2.75) is 83.8 Å². The number of aliphatic hydroxyl groups is 1. The van der Waals surface area contributed by atoms with Gasteiger partial charge in [0, 0.05) is 13.3 Å². The van der Waals surface area contributed by atoms with Gasteiger partial charge in [-0.3, -0.25) is 14.1 Å². The number of ether oxygens (including phenoxy) is 2. The maximum absolute atomic E-state index is 11.9. The third kappa shape index (κ3) is 23.2. The minimum absolute atomic E-state index is 0.137. The van der Waals surface area contributed by atoms with Gasteiger partial charge in [-0.1, -0.05) is 69.1 Å². The lowest BCUT2D eigenvalue weighted by atomic mass is 10.1. The van der Waals surface area contributed by atoms with Crippen molar-refractivity contribution in [1.29, 1.82) is 0 Å². The van der Waals surface area contributed by atoms with Crippen molar-refractivity contribution in [1.82, 2.24) is 0 Å². The van der Waals surface area contributed by atoms with Crippen LogP contribution in [-0.2, 0) is 28.2 Å². The van der Waals surface area contributed by atoms with Crippen molar-refractivity contribution in [2.75, 3.05) is 13.2 Å². The molecule has 190 valence electrons. The Morgan fingerprint density at radius 1 is 0.970 bits per heavy atom. The predicted octanol–water partition coefficient (Wildman–Crippen LogP) is 4.13. The van der Waals surface area contributed by atoms with Crippen LogP contribution < -0.4 is 0 Å². The van der Waals surface area contributed by atoms with E-state index >= 15 is 0 Å². The Kier molecular flexibility index (Phi) is 18.6. The highest BCUT2D eigenvalue weighted by Gasteiger charge is 2.22. The van der Waals surface area contributed by atoms with Crippen LogP contribution >= 0.6 is 7.82 Å². The molecule has 0 aliphatic heterocycles. The van der Waals surface area contributed by atoms with E-state index in [1.807, 2.05) is 18.2 Å². The topological polar surface area (TPSA) is 140 Å². The van der Waals surface area contributed by atoms with Gasteiger partial charge in [0.2, 0.25) is 0 Å². The second-order valence-corrected chi connectivity index (χ2v) is 8.74. The summed E-state index contributed by atoms with van der Waals surface area (Å²) in [4.78, 5) is 40.4. The predicted molar refractivity (Wildman–Crippen MR) is 125 cm³/mol. The molecule has 2 atom stereocenters. The van der Waals surface area contributed by atoms with E-state index in [2.05, 4.69) is 23.6 Å². The fourth-order valence-corrected chi connectivity index (χ4v) is 3.05. The molecule has 0 heterocycles. The van der Waals surface area contributed by atoms with Crippen molar-refractivity contribution >= 4 is 19.8 Å². The molecular formula is C23H39O9P. The van der Waals surface area contributed by atoms with E-state index in [4.69, 9.17) is 19.3 Å². The summed E-state index contributed by atoms with van der Waals surface area (Å²) in [5, 5.41) is 9.94. The van der Waals surface area contributed by atoms with Gasteiger partial charge in [0.1, 0.15) is 6.61 Å². The van der Waals surface area contributed by atoms with E-state index in [9.17, 15) is 19.3 Å². The molecule has 0 aromatic carbocycles. The van der Waals surface area contributed by atoms with E-state index in [-0.39, 0.29) is 13.0 Å². The number of unbranched alkanes of at least 4 members (excludes halogenated alkanes) is 4. The van der Waals surface area contributed by atoms with Crippen LogP contribution in [0.15, 0.2) is 36.5 Å². The first-order chi connectivity index (χ1) is 15.6. The zero-order valence-corrected chi connectivity index (χ0v) is 20.5. The Morgan fingerprint density at radius 2 is 1.67 bits per heavy atom. The molecule has 0 fully saturated rings. The van der Waals surface area contributed by atoms with Crippen molar-refractivity contribution in [3.8, 4) is 0 Å². The third-order valence-corrected chi connectivity index (χ3v) is 4.82. The molecule has 0 rings (SSSR count). The molecule has 33 heavy (non-hydrogen) atoms. The van der Waals surface area contributed by atoms with Gasteiger partial charge in [0.05, 0.1) is 12.7 Å². The Labute approximate surface area is 196 Å². The SMILES string of the molecule is CC/C=C/C/C=C/C=C/C(O)CCCCCCCC(=O)O[C@H](COC(C)=O)COP(=O)(O)O. The van der Waals surface area contributed by atoms with Gasteiger partial charge in [-0.2, -0.15) is 0 Å². The maximum Gasteiger partial charge on any atom is 0.469 e. The molecule has 0 aliphatic carbocycles. The second kappa shape index (κ2) is 19.7. The number of carbonyl (C=O) groups excluding carboxylic acids is 2. The maximum atomic E-state index is 11.9. The zero-order chi connectivity index (χ0) is 25.0. The van der Waals surface area contributed by atoms with Crippen LogP contribution in [0.4, 0.5) is 0 Å². The highest BCUT2D eigenvalue weighted by Crippen LogP contribution is 2.35. The Bertz CT molecular complexity index is 667. The molecule has 0 amide bonds. The summed E-state index contributed by atoms with van der Waals surface area (Å²) in [6, 6.07) is 0. The number of phosphoric ester groups is 1. The smallest absolute Gasteiger partial charge is 0.462 e. The van der Waals surface area contributed by atoms with Gasteiger partial charge >= 0.3 is 19.8 Å². The Morgan fingerprint density at radius 3 is 2.33 bits per heavy atom. The lowest BCUT2D eigenvalue weighted by Gasteiger charge is -2.18. The average Bonchev–Trinajstić information content (AvgIpc) is 2.73. The fraction of sp³-hybridized carbons (Fsp3) is 0.652. The molecule has 9 nitrogen and oxygen atoms in total. The van der Waals surface area contributed by atoms with Crippen LogP contribution in [0, 0.1) is 0 Å². The summed E-state index contributed by atoms with van der Waals surface area (Å²) in [6.45, 7) is 2.34. The number of hydrogen-bond acceptors (Lipinski definition) is 7. The number of esters is 2. The van der Waals surface area contributed by atoms with Crippen LogP contribution in [0.3, 0.4) is 0 Å². The summed E-state index contributed by atoms with van der Waals surface area (Å²) in [7, 11) is -4.73. The lowest BCUT2D eigenvalue weighted by Crippen LogP contribution is -2.29. The van der Waals surface area contributed by atoms with Crippen LogP contribution in [-0.4, -0.2) is 52.3 Å². The molecule has 10 heteroatoms. The Hall–Kier alpha value is -1.77. The molecule has 0 spiro atoms. The first kappa shape index (κ1) is 31.2.